The Bertz CT molecular complexity index is 908. The maximum absolute atomic E-state index is 13.7. The molecule has 0 saturated heterocycles. The van der Waals surface area contributed by atoms with Gasteiger partial charge >= 0.3 is 0 Å². The minimum atomic E-state index is -0.600. The predicted molar refractivity (Wildman–Crippen MR) is 123 cm³/mol. The van der Waals surface area contributed by atoms with Crippen LogP contribution in [0.5, 0.6) is 11.5 Å². The first-order valence-electron chi connectivity index (χ1n) is 10.6. The molecule has 0 spiro atoms. The molecule has 4 heteroatoms. The summed E-state index contributed by atoms with van der Waals surface area (Å²) in [5, 5.41) is 0. The molecule has 0 unspecified atom stereocenters. The third-order valence-corrected chi connectivity index (χ3v) is 6.19. The Morgan fingerprint density at radius 3 is 2.20 bits per heavy atom. The van der Waals surface area contributed by atoms with Crippen LogP contribution in [0.1, 0.15) is 57.1 Å². The second kappa shape index (κ2) is 8.95. The first-order valence-corrected chi connectivity index (χ1v) is 10.6. The lowest BCUT2D eigenvalue weighted by Crippen LogP contribution is -2.37. The number of ether oxygens (including phenoxy) is 2. The molecule has 3 rings (SSSR count). The average molecular weight is 408 g/mol. The number of ketones is 1. The summed E-state index contributed by atoms with van der Waals surface area (Å²) >= 11 is 0. The van der Waals surface area contributed by atoms with E-state index in [0.29, 0.717) is 0 Å². The molecule has 30 heavy (non-hydrogen) atoms. The molecule has 1 fully saturated rings. The van der Waals surface area contributed by atoms with Crippen LogP contribution in [-0.4, -0.2) is 27.1 Å². The molecule has 0 aromatic heterocycles. The van der Waals surface area contributed by atoms with E-state index in [9.17, 15) is 4.79 Å². The number of allylic oxidation sites excluding steroid dienone is 1. The van der Waals surface area contributed by atoms with Crippen molar-refractivity contribution in [2.75, 3.05) is 26.2 Å². The van der Waals surface area contributed by atoms with Crippen molar-refractivity contribution in [2.45, 2.75) is 51.4 Å². The Morgan fingerprint density at radius 2 is 1.67 bits per heavy atom. The Balaban J connectivity index is 2.01. The molecule has 1 saturated carbocycles. The van der Waals surface area contributed by atoms with Crippen LogP contribution in [0.4, 0.5) is 5.69 Å². The molecule has 2 aromatic carbocycles. The molecule has 1 aliphatic rings. The van der Waals surface area contributed by atoms with Crippen molar-refractivity contribution in [3.8, 4) is 11.5 Å². The van der Waals surface area contributed by atoms with Crippen LogP contribution in [0.3, 0.4) is 0 Å². The van der Waals surface area contributed by atoms with Crippen molar-refractivity contribution in [1.29, 1.82) is 0 Å². The monoisotopic (exact) mass is 407 g/mol. The van der Waals surface area contributed by atoms with Gasteiger partial charge in [-0.3, -0.25) is 4.79 Å². The van der Waals surface area contributed by atoms with Crippen molar-refractivity contribution < 1.29 is 14.3 Å². The van der Waals surface area contributed by atoms with E-state index in [1.54, 1.807) is 14.2 Å². The van der Waals surface area contributed by atoms with E-state index >= 15 is 0 Å². The zero-order chi connectivity index (χ0) is 21.9. The van der Waals surface area contributed by atoms with Gasteiger partial charge in [0.15, 0.2) is 5.78 Å². The molecule has 1 aliphatic carbocycles. The summed E-state index contributed by atoms with van der Waals surface area (Å²) in [6, 6.07) is 14.2. The van der Waals surface area contributed by atoms with Crippen molar-refractivity contribution >= 4 is 11.5 Å². The summed E-state index contributed by atoms with van der Waals surface area (Å²) in [6.07, 6.45) is 4.56. The van der Waals surface area contributed by atoms with Gasteiger partial charge in [0.05, 0.1) is 19.6 Å². The van der Waals surface area contributed by atoms with Gasteiger partial charge in [-0.2, -0.15) is 0 Å². The summed E-state index contributed by atoms with van der Waals surface area (Å²) in [6.45, 7) is 6.29. The first-order chi connectivity index (χ1) is 14.3. The molecule has 0 radical (unpaired) electrons. The van der Waals surface area contributed by atoms with E-state index in [-0.39, 0.29) is 11.7 Å². The van der Waals surface area contributed by atoms with Crippen LogP contribution in [-0.2, 0) is 10.2 Å². The summed E-state index contributed by atoms with van der Waals surface area (Å²) in [7, 11) is 5.34. The summed E-state index contributed by atoms with van der Waals surface area (Å²) < 4.78 is 11.4. The number of methoxy groups -OCH3 is 2. The number of hydrogen-bond acceptors (Lipinski definition) is 4. The summed E-state index contributed by atoms with van der Waals surface area (Å²) in [4.78, 5) is 15.7. The first kappa shape index (κ1) is 21.9. The van der Waals surface area contributed by atoms with E-state index in [4.69, 9.17) is 9.47 Å². The van der Waals surface area contributed by atoms with E-state index < -0.39 is 5.41 Å². The predicted octanol–water partition coefficient (Wildman–Crippen LogP) is 5.86. The molecular weight excluding hydrogens is 374 g/mol. The van der Waals surface area contributed by atoms with E-state index in [2.05, 4.69) is 13.8 Å². The lowest BCUT2D eigenvalue weighted by atomic mass is 9.68. The highest BCUT2D eigenvalue weighted by molar-refractivity contribution is 6.04. The third kappa shape index (κ3) is 4.09. The molecule has 0 aliphatic heterocycles. The van der Waals surface area contributed by atoms with Crippen LogP contribution < -0.4 is 14.4 Å². The molecule has 0 bridgehead atoms. The summed E-state index contributed by atoms with van der Waals surface area (Å²) in [5.41, 5.74) is 3.32. The van der Waals surface area contributed by atoms with Gasteiger partial charge in [-0.25, -0.2) is 0 Å². The number of nitrogens with zero attached hydrogens (tertiary/aromatic N) is 1. The fourth-order valence-electron chi connectivity index (χ4n) is 4.41. The number of anilines is 1. The van der Waals surface area contributed by atoms with Crippen molar-refractivity contribution in [1.82, 2.24) is 0 Å². The molecule has 0 heterocycles. The van der Waals surface area contributed by atoms with Crippen molar-refractivity contribution in [3.63, 3.8) is 0 Å². The fraction of sp³-hybridized carbons (Fsp3) is 0.423. The number of Topliss-reactive ketones (excluding diaryl/α,β-unsaturated/α-hetero) is 1. The van der Waals surface area contributed by atoms with Gasteiger partial charge in [0.1, 0.15) is 11.5 Å². The Hall–Kier alpha value is -2.75. The fourth-order valence-corrected chi connectivity index (χ4v) is 4.41. The van der Waals surface area contributed by atoms with Crippen LogP contribution >= 0.6 is 0 Å². The van der Waals surface area contributed by atoms with Gasteiger partial charge in [0, 0.05) is 30.1 Å². The quantitative estimate of drug-likeness (QED) is 0.562. The number of hydrogen-bond donors (Lipinski definition) is 0. The maximum Gasteiger partial charge on any atom is 0.170 e. The van der Waals surface area contributed by atoms with Gasteiger partial charge in [-0.1, -0.05) is 32.0 Å². The molecule has 0 amide bonds. The highest BCUT2D eigenvalue weighted by Gasteiger charge is 2.40. The molecular formula is C26H33NO3. The largest absolute Gasteiger partial charge is 0.496 e. The lowest BCUT2D eigenvalue weighted by molar-refractivity contribution is -0.121. The number of benzene rings is 2. The van der Waals surface area contributed by atoms with Gasteiger partial charge in [0.25, 0.3) is 0 Å². The van der Waals surface area contributed by atoms with E-state index in [1.165, 1.54) is 0 Å². The second-order valence-corrected chi connectivity index (χ2v) is 8.56. The number of para-hydroxylation sites is 1. The molecule has 1 atom stereocenters. The standard InChI is InChI=1S/C26H33NO3/c1-18(2)24-22(29-5)15-20(16-23(24)30-6)26(3)14-10-11-19(25(26)28)17-27(4)21-12-8-7-9-13-21/h7-9,12-13,15-18H,10-11,14H2,1-6H3/b19-17+/t26-/m1/s1. The number of rotatable bonds is 6. The van der Waals surface area contributed by atoms with Crippen LogP contribution in [0.25, 0.3) is 0 Å². The highest BCUT2D eigenvalue weighted by Crippen LogP contribution is 2.44. The van der Waals surface area contributed by atoms with Gasteiger partial charge in [-0.15, -0.1) is 0 Å². The second-order valence-electron chi connectivity index (χ2n) is 8.56. The van der Waals surface area contributed by atoms with Crippen molar-refractivity contribution in [2.24, 2.45) is 0 Å². The molecule has 160 valence electrons. The normalized spacial score (nSPS) is 20.5. The van der Waals surface area contributed by atoms with Crippen LogP contribution in [0.2, 0.25) is 0 Å². The minimum Gasteiger partial charge on any atom is -0.496 e. The smallest absolute Gasteiger partial charge is 0.170 e. The van der Waals surface area contributed by atoms with Gasteiger partial charge < -0.3 is 14.4 Å². The molecule has 4 nitrogen and oxygen atoms in total. The Kier molecular flexibility index (Phi) is 6.55. The number of carbonyl (C=O) groups is 1. The zero-order valence-corrected chi connectivity index (χ0v) is 19.0. The Morgan fingerprint density at radius 1 is 1.07 bits per heavy atom. The highest BCUT2D eigenvalue weighted by atomic mass is 16.5. The van der Waals surface area contributed by atoms with Crippen molar-refractivity contribution in [3.05, 3.63) is 65.4 Å². The zero-order valence-electron chi connectivity index (χ0n) is 19.0. The average Bonchev–Trinajstić information content (AvgIpc) is 2.76. The van der Waals surface area contributed by atoms with Crippen LogP contribution in [0, 0.1) is 0 Å². The maximum atomic E-state index is 13.7. The SMILES string of the molecule is COc1cc([C@@]2(C)CCC/C(=C\N(C)c3ccccc3)C2=O)cc(OC)c1C(C)C. The van der Waals surface area contributed by atoms with E-state index in [0.717, 1.165) is 53.1 Å². The third-order valence-electron chi connectivity index (χ3n) is 6.19. The van der Waals surface area contributed by atoms with Crippen LogP contribution in [0.15, 0.2) is 54.2 Å². The van der Waals surface area contributed by atoms with Gasteiger partial charge in [0.2, 0.25) is 0 Å². The minimum absolute atomic E-state index is 0.179. The van der Waals surface area contributed by atoms with E-state index in [1.807, 2.05) is 67.5 Å². The molecule has 2 aromatic rings. The number of carbonyl (C=O) groups excluding carboxylic acids is 1. The lowest BCUT2D eigenvalue weighted by Gasteiger charge is -2.35. The van der Waals surface area contributed by atoms with Gasteiger partial charge in [-0.05, 0) is 61.9 Å². The molecule has 0 N–H and O–H groups in total. The summed E-state index contributed by atoms with van der Waals surface area (Å²) in [5.74, 6) is 2.00. The Labute approximate surface area is 180 Å². The topological polar surface area (TPSA) is 38.8 Å².